The maximum absolute atomic E-state index is 12.4. The first-order chi connectivity index (χ1) is 11.1. The molecule has 5 nitrogen and oxygen atoms in total. The van der Waals surface area contributed by atoms with Gasteiger partial charge in [-0.25, -0.2) is 4.79 Å². The molecule has 0 unspecified atom stereocenters. The van der Waals surface area contributed by atoms with Crippen molar-refractivity contribution in [1.29, 1.82) is 0 Å². The lowest BCUT2D eigenvalue weighted by atomic mass is 10.0. The third-order valence-corrected chi connectivity index (χ3v) is 3.68. The molecule has 0 fully saturated rings. The van der Waals surface area contributed by atoms with Gasteiger partial charge in [0.05, 0.1) is 18.2 Å². The number of pyridine rings is 1. The number of amides is 1. The van der Waals surface area contributed by atoms with Crippen LogP contribution in [0.3, 0.4) is 0 Å². The van der Waals surface area contributed by atoms with Crippen LogP contribution in [-0.2, 0) is 4.74 Å². The van der Waals surface area contributed by atoms with E-state index in [1.165, 1.54) is 7.11 Å². The van der Waals surface area contributed by atoms with Crippen LogP contribution in [-0.4, -0.2) is 42.0 Å². The summed E-state index contributed by atoms with van der Waals surface area (Å²) in [6.45, 7) is 5.22. The summed E-state index contributed by atoms with van der Waals surface area (Å²) < 4.78 is 4.68. The van der Waals surface area contributed by atoms with Gasteiger partial charge in [-0.1, -0.05) is 12.1 Å². The number of hydrogen-bond donors (Lipinski definition) is 0. The van der Waals surface area contributed by atoms with Gasteiger partial charge < -0.3 is 9.64 Å². The lowest BCUT2D eigenvalue weighted by Gasteiger charge is -2.18. The monoisotopic (exact) mass is 312 g/mol. The third-order valence-electron chi connectivity index (χ3n) is 3.68. The minimum absolute atomic E-state index is 0.0319. The molecule has 0 radical (unpaired) electrons. The van der Waals surface area contributed by atoms with Crippen LogP contribution in [0.2, 0.25) is 0 Å². The van der Waals surface area contributed by atoms with Crippen molar-refractivity contribution in [3.63, 3.8) is 0 Å². The number of carbonyl (C=O) groups is 2. The molecule has 23 heavy (non-hydrogen) atoms. The Morgan fingerprint density at radius 3 is 2.22 bits per heavy atom. The molecule has 0 bridgehead atoms. The van der Waals surface area contributed by atoms with Gasteiger partial charge in [0.1, 0.15) is 0 Å². The molecule has 1 heterocycles. The van der Waals surface area contributed by atoms with Crippen molar-refractivity contribution in [2.45, 2.75) is 13.8 Å². The first kappa shape index (κ1) is 16.7. The number of esters is 1. The highest BCUT2D eigenvalue weighted by Crippen LogP contribution is 2.21. The van der Waals surface area contributed by atoms with E-state index in [0.717, 1.165) is 11.1 Å². The molecule has 0 aliphatic rings. The highest BCUT2D eigenvalue weighted by atomic mass is 16.5. The van der Waals surface area contributed by atoms with Crippen molar-refractivity contribution in [2.75, 3.05) is 20.2 Å². The Morgan fingerprint density at radius 1 is 1.00 bits per heavy atom. The molecule has 0 atom stereocenters. The summed E-state index contributed by atoms with van der Waals surface area (Å²) in [6, 6.07) is 8.84. The van der Waals surface area contributed by atoms with Crippen LogP contribution in [0.5, 0.6) is 0 Å². The van der Waals surface area contributed by atoms with Crippen LogP contribution < -0.4 is 0 Å². The smallest absolute Gasteiger partial charge is 0.337 e. The highest BCUT2D eigenvalue weighted by molar-refractivity contribution is 5.95. The molecule has 120 valence electrons. The Hall–Kier alpha value is -2.69. The number of benzene rings is 1. The molecule has 0 aliphatic carbocycles. The Kier molecular flexibility index (Phi) is 5.46. The number of nitrogens with zero attached hydrogens (tertiary/aromatic N) is 2. The molecule has 0 N–H and O–H groups in total. The first-order valence-electron chi connectivity index (χ1n) is 7.53. The van der Waals surface area contributed by atoms with Crippen molar-refractivity contribution >= 4 is 11.9 Å². The first-order valence-corrected chi connectivity index (χ1v) is 7.53. The van der Waals surface area contributed by atoms with Gasteiger partial charge in [-0.2, -0.15) is 0 Å². The Labute approximate surface area is 135 Å². The van der Waals surface area contributed by atoms with Crippen molar-refractivity contribution in [1.82, 2.24) is 9.88 Å². The van der Waals surface area contributed by atoms with E-state index in [0.29, 0.717) is 24.2 Å². The van der Waals surface area contributed by atoms with Gasteiger partial charge in [0.2, 0.25) is 0 Å². The lowest BCUT2D eigenvalue weighted by molar-refractivity contribution is 0.0600. The molecule has 1 aromatic heterocycles. The van der Waals surface area contributed by atoms with E-state index in [1.54, 1.807) is 29.4 Å². The van der Waals surface area contributed by atoms with E-state index < -0.39 is 0 Å². The topological polar surface area (TPSA) is 59.5 Å². The highest BCUT2D eigenvalue weighted by Gasteiger charge is 2.14. The van der Waals surface area contributed by atoms with Crippen LogP contribution in [0.25, 0.3) is 11.1 Å². The molecule has 0 saturated carbocycles. The number of rotatable bonds is 5. The quantitative estimate of drug-likeness (QED) is 0.796. The maximum atomic E-state index is 12.4. The summed E-state index contributed by atoms with van der Waals surface area (Å²) in [4.78, 5) is 29.8. The van der Waals surface area contributed by atoms with Crippen molar-refractivity contribution in [3.8, 4) is 11.1 Å². The molecule has 0 aliphatic heterocycles. The van der Waals surface area contributed by atoms with Crippen LogP contribution in [0.1, 0.15) is 34.6 Å². The van der Waals surface area contributed by atoms with E-state index in [4.69, 9.17) is 0 Å². The predicted octanol–water partition coefficient (Wildman–Crippen LogP) is 3.02. The molecular weight excluding hydrogens is 292 g/mol. The van der Waals surface area contributed by atoms with E-state index in [1.807, 2.05) is 32.0 Å². The summed E-state index contributed by atoms with van der Waals surface area (Å²) in [5.41, 5.74) is 2.77. The SMILES string of the molecule is CCN(CC)C(=O)c1cncc(-c2ccc(C(=O)OC)cc2)c1. The van der Waals surface area contributed by atoms with Crippen LogP contribution >= 0.6 is 0 Å². The number of methoxy groups -OCH3 is 1. The standard InChI is InChI=1S/C18H20N2O3/c1-4-20(5-2)17(21)16-10-15(11-19-12-16)13-6-8-14(9-7-13)18(22)23-3/h6-12H,4-5H2,1-3H3. The predicted molar refractivity (Wildman–Crippen MR) is 88.3 cm³/mol. The van der Waals surface area contributed by atoms with Gasteiger partial charge in [-0.15, -0.1) is 0 Å². The van der Waals surface area contributed by atoms with E-state index >= 15 is 0 Å². The number of hydrogen-bond acceptors (Lipinski definition) is 4. The summed E-state index contributed by atoms with van der Waals surface area (Å²) in [5.74, 6) is -0.407. The fourth-order valence-corrected chi connectivity index (χ4v) is 2.32. The summed E-state index contributed by atoms with van der Waals surface area (Å²) >= 11 is 0. The minimum atomic E-state index is -0.375. The van der Waals surface area contributed by atoms with E-state index in [2.05, 4.69) is 9.72 Å². The summed E-state index contributed by atoms with van der Waals surface area (Å²) in [7, 11) is 1.35. The Balaban J connectivity index is 2.29. The van der Waals surface area contributed by atoms with Gasteiger partial charge >= 0.3 is 5.97 Å². The summed E-state index contributed by atoms with van der Waals surface area (Å²) in [6.07, 6.45) is 3.28. The van der Waals surface area contributed by atoms with Gasteiger partial charge in [-0.05, 0) is 37.6 Å². The fourth-order valence-electron chi connectivity index (χ4n) is 2.32. The lowest BCUT2D eigenvalue weighted by Crippen LogP contribution is -2.30. The van der Waals surface area contributed by atoms with Crippen LogP contribution in [0, 0.1) is 0 Å². The molecular formula is C18H20N2O3. The van der Waals surface area contributed by atoms with Crippen LogP contribution in [0.4, 0.5) is 0 Å². The number of aromatic nitrogens is 1. The average molecular weight is 312 g/mol. The normalized spacial score (nSPS) is 10.2. The second kappa shape index (κ2) is 7.54. The average Bonchev–Trinajstić information content (AvgIpc) is 2.62. The maximum Gasteiger partial charge on any atom is 0.337 e. The van der Waals surface area contributed by atoms with Crippen molar-refractivity contribution in [3.05, 3.63) is 53.9 Å². The van der Waals surface area contributed by atoms with Gasteiger partial charge in [0.15, 0.2) is 0 Å². The summed E-state index contributed by atoms with van der Waals surface area (Å²) in [5, 5.41) is 0. The van der Waals surface area contributed by atoms with Crippen LogP contribution in [0.15, 0.2) is 42.7 Å². The Bertz CT molecular complexity index is 692. The van der Waals surface area contributed by atoms with Gasteiger partial charge in [0, 0.05) is 31.0 Å². The molecule has 0 spiro atoms. The molecule has 2 aromatic rings. The molecule has 1 amide bonds. The molecule has 0 saturated heterocycles. The zero-order chi connectivity index (χ0) is 16.8. The minimum Gasteiger partial charge on any atom is -0.465 e. The third kappa shape index (κ3) is 3.74. The second-order valence-corrected chi connectivity index (χ2v) is 5.01. The van der Waals surface area contributed by atoms with E-state index in [9.17, 15) is 9.59 Å². The zero-order valence-corrected chi connectivity index (χ0v) is 13.6. The van der Waals surface area contributed by atoms with Crippen molar-refractivity contribution in [2.24, 2.45) is 0 Å². The number of ether oxygens (including phenoxy) is 1. The van der Waals surface area contributed by atoms with Gasteiger partial charge in [0.25, 0.3) is 5.91 Å². The molecule has 2 rings (SSSR count). The largest absolute Gasteiger partial charge is 0.465 e. The molecule has 5 heteroatoms. The fraction of sp³-hybridized carbons (Fsp3) is 0.278. The molecule has 1 aromatic carbocycles. The zero-order valence-electron chi connectivity index (χ0n) is 13.6. The van der Waals surface area contributed by atoms with E-state index in [-0.39, 0.29) is 11.9 Å². The van der Waals surface area contributed by atoms with Crippen molar-refractivity contribution < 1.29 is 14.3 Å². The number of carbonyl (C=O) groups excluding carboxylic acids is 2. The Morgan fingerprint density at radius 2 is 1.65 bits per heavy atom. The second-order valence-electron chi connectivity index (χ2n) is 5.01. The van der Waals surface area contributed by atoms with Gasteiger partial charge in [-0.3, -0.25) is 9.78 Å².